The second-order valence-corrected chi connectivity index (χ2v) is 5.68. The van der Waals surface area contributed by atoms with Crippen molar-refractivity contribution in [1.82, 2.24) is 9.78 Å². The number of benzene rings is 3. The summed E-state index contributed by atoms with van der Waals surface area (Å²) < 4.78 is 0.909. The van der Waals surface area contributed by atoms with Gasteiger partial charge < -0.3 is 0 Å². The van der Waals surface area contributed by atoms with E-state index in [1.54, 1.807) is 6.07 Å². The van der Waals surface area contributed by atoms with E-state index in [-0.39, 0.29) is 0 Å². The predicted molar refractivity (Wildman–Crippen MR) is 95.2 cm³/mol. The third kappa shape index (κ3) is 2.20. The van der Waals surface area contributed by atoms with Gasteiger partial charge in [0.05, 0.1) is 5.69 Å². The molecule has 0 amide bonds. The van der Waals surface area contributed by atoms with E-state index in [2.05, 4.69) is 11.2 Å². The van der Waals surface area contributed by atoms with E-state index in [1.165, 1.54) is 13.0 Å². The van der Waals surface area contributed by atoms with Gasteiger partial charge in [-0.25, -0.2) is 0 Å². The van der Waals surface area contributed by atoms with Crippen molar-refractivity contribution in [2.45, 2.75) is 6.92 Å². The molecule has 116 valence electrons. The average Bonchev–Trinajstić information content (AvgIpc) is 2.60. The van der Waals surface area contributed by atoms with Crippen LogP contribution in [0.15, 0.2) is 71.5 Å². The second kappa shape index (κ2) is 5.42. The summed E-state index contributed by atoms with van der Waals surface area (Å²) >= 11 is 0. The number of aromatic nitrogens is 2. The molecule has 0 aliphatic carbocycles. The molecule has 24 heavy (non-hydrogen) atoms. The standard InChI is InChI=1S/C20H14N2O2/c1-13(23)22-19(24)11-10-18(21-22)20-16-8-4-2-6-14(16)12-15-7-3-5-9-17(15)20/h2-12H,1H3. The summed E-state index contributed by atoms with van der Waals surface area (Å²) in [5.41, 5.74) is 1.12. The molecular weight excluding hydrogens is 300 g/mol. The predicted octanol–water partition coefficient (Wildman–Crippen LogP) is 3.88. The molecule has 1 heterocycles. The molecule has 4 heteroatoms. The molecule has 4 nitrogen and oxygen atoms in total. The first-order valence-electron chi connectivity index (χ1n) is 7.67. The van der Waals surface area contributed by atoms with Crippen molar-refractivity contribution >= 4 is 27.5 Å². The maximum atomic E-state index is 11.9. The van der Waals surface area contributed by atoms with Crippen LogP contribution in [0.1, 0.15) is 11.7 Å². The minimum atomic E-state index is -0.421. The van der Waals surface area contributed by atoms with E-state index < -0.39 is 11.5 Å². The number of carbonyl (C=O) groups is 1. The number of rotatable bonds is 1. The minimum Gasteiger partial charge on any atom is -0.273 e. The van der Waals surface area contributed by atoms with Crippen LogP contribution < -0.4 is 5.56 Å². The molecule has 0 saturated carbocycles. The lowest BCUT2D eigenvalue weighted by molar-refractivity contribution is 0.0915. The van der Waals surface area contributed by atoms with Crippen molar-refractivity contribution in [3.8, 4) is 11.3 Å². The number of fused-ring (bicyclic) bond motifs is 2. The van der Waals surface area contributed by atoms with Gasteiger partial charge in [-0.2, -0.15) is 9.78 Å². The third-order valence-electron chi connectivity index (χ3n) is 4.13. The fourth-order valence-corrected chi connectivity index (χ4v) is 3.06. The van der Waals surface area contributed by atoms with Gasteiger partial charge in [0.1, 0.15) is 0 Å². The van der Waals surface area contributed by atoms with Crippen LogP contribution in [-0.2, 0) is 0 Å². The monoisotopic (exact) mass is 314 g/mol. The lowest BCUT2D eigenvalue weighted by atomic mass is 9.95. The van der Waals surface area contributed by atoms with Crippen molar-refractivity contribution < 1.29 is 4.79 Å². The normalized spacial score (nSPS) is 11.0. The van der Waals surface area contributed by atoms with Crippen LogP contribution in [0.4, 0.5) is 0 Å². The number of carbonyl (C=O) groups excluding carboxylic acids is 1. The zero-order valence-electron chi connectivity index (χ0n) is 13.1. The van der Waals surface area contributed by atoms with Crippen molar-refractivity contribution in [3.05, 3.63) is 77.1 Å². The van der Waals surface area contributed by atoms with Crippen molar-refractivity contribution in [1.29, 1.82) is 0 Å². The second-order valence-electron chi connectivity index (χ2n) is 5.68. The molecule has 0 bridgehead atoms. The van der Waals surface area contributed by atoms with Gasteiger partial charge >= 0.3 is 0 Å². The molecule has 4 aromatic rings. The maximum absolute atomic E-state index is 11.9. The Morgan fingerprint density at radius 2 is 1.46 bits per heavy atom. The number of hydrogen-bond acceptors (Lipinski definition) is 3. The van der Waals surface area contributed by atoms with E-state index >= 15 is 0 Å². The summed E-state index contributed by atoms with van der Waals surface area (Å²) in [5, 5.41) is 8.56. The minimum absolute atomic E-state index is 0.397. The quantitative estimate of drug-likeness (QED) is 0.501. The SMILES string of the molecule is CC(=O)n1nc(-c2c3ccccc3cc3ccccc23)ccc1=O. The van der Waals surface area contributed by atoms with Crippen LogP contribution in [0.25, 0.3) is 32.8 Å². The highest BCUT2D eigenvalue weighted by molar-refractivity contribution is 6.12. The Hall–Kier alpha value is -3.27. The van der Waals surface area contributed by atoms with Gasteiger partial charge in [0.15, 0.2) is 0 Å². The van der Waals surface area contributed by atoms with Crippen LogP contribution in [0, 0.1) is 0 Å². The van der Waals surface area contributed by atoms with Crippen LogP contribution in [0.2, 0.25) is 0 Å². The summed E-state index contributed by atoms with van der Waals surface area (Å²) in [6, 6.07) is 21.3. The Labute approximate surface area is 138 Å². The number of hydrogen-bond donors (Lipinski definition) is 0. The molecule has 4 rings (SSSR count). The zero-order valence-corrected chi connectivity index (χ0v) is 13.1. The number of nitrogens with zero attached hydrogens (tertiary/aromatic N) is 2. The van der Waals surface area contributed by atoms with Crippen LogP contribution in [0.3, 0.4) is 0 Å². The Morgan fingerprint density at radius 3 is 2.04 bits per heavy atom. The van der Waals surface area contributed by atoms with Gasteiger partial charge in [-0.15, -0.1) is 0 Å². The van der Waals surface area contributed by atoms with E-state index in [0.717, 1.165) is 31.8 Å². The Bertz CT molecular complexity index is 1110. The third-order valence-corrected chi connectivity index (χ3v) is 4.13. The highest BCUT2D eigenvalue weighted by Gasteiger charge is 2.13. The smallest absolute Gasteiger partial charge is 0.273 e. The summed E-state index contributed by atoms with van der Waals surface area (Å²) in [7, 11) is 0. The molecule has 0 aliphatic rings. The molecule has 0 aliphatic heterocycles. The summed E-state index contributed by atoms with van der Waals surface area (Å²) in [5.74, 6) is -0.397. The first-order chi connectivity index (χ1) is 11.6. The van der Waals surface area contributed by atoms with E-state index in [4.69, 9.17) is 0 Å². The van der Waals surface area contributed by atoms with E-state index in [0.29, 0.717) is 5.69 Å². The van der Waals surface area contributed by atoms with Crippen LogP contribution >= 0.6 is 0 Å². The first kappa shape index (κ1) is 14.3. The van der Waals surface area contributed by atoms with Crippen molar-refractivity contribution in [2.24, 2.45) is 0 Å². The molecule has 0 atom stereocenters. The molecule has 1 aromatic heterocycles. The molecule has 0 fully saturated rings. The zero-order chi connectivity index (χ0) is 16.7. The van der Waals surface area contributed by atoms with Gasteiger partial charge in [-0.1, -0.05) is 48.5 Å². The topological polar surface area (TPSA) is 52.0 Å². The molecule has 0 saturated heterocycles. The van der Waals surface area contributed by atoms with Crippen molar-refractivity contribution in [2.75, 3.05) is 0 Å². The summed E-state index contributed by atoms with van der Waals surface area (Å²) in [4.78, 5) is 23.5. The molecule has 0 unspecified atom stereocenters. The summed E-state index contributed by atoms with van der Waals surface area (Å²) in [6.07, 6.45) is 0. The molecular formula is C20H14N2O2. The summed E-state index contributed by atoms with van der Waals surface area (Å²) in [6.45, 7) is 1.33. The maximum Gasteiger partial charge on any atom is 0.274 e. The fraction of sp³-hybridized carbons (Fsp3) is 0.0500. The largest absolute Gasteiger partial charge is 0.274 e. The molecule has 0 spiro atoms. The Morgan fingerprint density at radius 1 is 0.875 bits per heavy atom. The highest BCUT2D eigenvalue weighted by Crippen LogP contribution is 2.34. The lowest BCUT2D eigenvalue weighted by Crippen LogP contribution is -2.26. The Kier molecular flexibility index (Phi) is 3.24. The van der Waals surface area contributed by atoms with Crippen LogP contribution in [-0.4, -0.2) is 15.7 Å². The molecule has 3 aromatic carbocycles. The molecule has 0 N–H and O–H groups in total. The first-order valence-corrected chi connectivity index (χ1v) is 7.67. The molecule has 0 radical (unpaired) electrons. The lowest BCUT2D eigenvalue weighted by Gasteiger charge is -2.12. The average molecular weight is 314 g/mol. The van der Waals surface area contributed by atoms with E-state index in [9.17, 15) is 9.59 Å². The van der Waals surface area contributed by atoms with Crippen molar-refractivity contribution in [3.63, 3.8) is 0 Å². The van der Waals surface area contributed by atoms with Crippen LogP contribution in [0.5, 0.6) is 0 Å². The van der Waals surface area contributed by atoms with Gasteiger partial charge in [-0.3, -0.25) is 9.59 Å². The fourth-order valence-electron chi connectivity index (χ4n) is 3.06. The van der Waals surface area contributed by atoms with Gasteiger partial charge in [0.25, 0.3) is 5.56 Å². The van der Waals surface area contributed by atoms with Gasteiger partial charge in [-0.05, 0) is 33.7 Å². The van der Waals surface area contributed by atoms with E-state index in [1.807, 2.05) is 48.5 Å². The Balaban J connectivity index is 2.17. The van der Waals surface area contributed by atoms with Gasteiger partial charge in [0, 0.05) is 18.6 Å². The van der Waals surface area contributed by atoms with Gasteiger partial charge in [0.2, 0.25) is 5.91 Å². The highest BCUT2D eigenvalue weighted by atomic mass is 16.2.